The summed E-state index contributed by atoms with van der Waals surface area (Å²) in [5, 5.41) is 12.2. The van der Waals surface area contributed by atoms with Crippen LogP contribution in [0, 0.1) is 18.3 Å². The van der Waals surface area contributed by atoms with Crippen molar-refractivity contribution in [2.45, 2.75) is 13.8 Å². The number of methoxy groups -OCH3 is 1. The van der Waals surface area contributed by atoms with E-state index in [0.29, 0.717) is 39.6 Å². The molecule has 0 saturated heterocycles. The Morgan fingerprint density at radius 1 is 1.23 bits per heavy atom. The van der Waals surface area contributed by atoms with Gasteiger partial charge in [0, 0.05) is 0 Å². The molecule has 9 heteroatoms. The Hall–Kier alpha value is -3.51. The van der Waals surface area contributed by atoms with Crippen LogP contribution in [0.3, 0.4) is 0 Å². The molecule has 0 aliphatic heterocycles. The van der Waals surface area contributed by atoms with Crippen LogP contribution in [0.25, 0.3) is 6.08 Å². The molecular formula is C22H22BrN3O5. The van der Waals surface area contributed by atoms with Gasteiger partial charge in [0.1, 0.15) is 17.4 Å². The highest BCUT2D eigenvalue weighted by Gasteiger charge is 2.16. The minimum absolute atomic E-state index is 0.122. The molecule has 31 heavy (non-hydrogen) atoms. The van der Waals surface area contributed by atoms with Gasteiger partial charge < -0.3 is 25.3 Å². The molecule has 3 N–H and O–H groups in total. The lowest BCUT2D eigenvalue weighted by Crippen LogP contribution is -2.20. The first-order valence-electron chi connectivity index (χ1n) is 9.24. The van der Waals surface area contributed by atoms with E-state index in [0.717, 1.165) is 5.56 Å². The third kappa shape index (κ3) is 6.49. The summed E-state index contributed by atoms with van der Waals surface area (Å²) in [6.07, 6.45) is 1.42. The number of aryl methyl sites for hydroxylation is 1. The number of rotatable bonds is 9. The lowest BCUT2D eigenvalue weighted by molar-refractivity contribution is -0.120. The van der Waals surface area contributed by atoms with Crippen LogP contribution in [-0.4, -0.2) is 32.1 Å². The van der Waals surface area contributed by atoms with Gasteiger partial charge >= 0.3 is 0 Å². The van der Waals surface area contributed by atoms with Gasteiger partial charge in [0.05, 0.1) is 23.9 Å². The Morgan fingerprint density at radius 2 is 1.97 bits per heavy atom. The van der Waals surface area contributed by atoms with Crippen molar-refractivity contribution in [3.8, 4) is 23.3 Å². The molecule has 2 amide bonds. The van der Waals surface area contributed by atoms with Crippen LogP contribution in [0.1, 0.15) is 18.1 Å². The van der Waals surface area contributed by atoms with Crippen molar-refractivity contribution in [2.75, 3.05) is 25.6 Å². The zero-order chi connectivity index (χ0) is 23.0. The summed E-state index contributed by atoms with van der Waals surface area (Å²) in [5.74, 6) is -0.107. The number of hydrogen-bond acceptors (Lipinski definition) is 6. The maximum absolute atomic E-state index is 12.7. The van der Waals surface area contributed by atoms with Gasteiger partial charge in [0.15, 0.2) is 18.1 Å². The molecule has 0 unspecified atom stereocenters. The van der Waals surface area contributed by atoms with Gasteiger partial charge in [-0.1, -0.05) is 6.07 Å². The largest absolute Gasteiger partial charge is 0.495 e. The van der Waals surface area contributed by atoms with E-state index in [9.17, 15) is 14.9 Å². The predicted octanol–water partition coefficient (Wildman–Crippen LogP) is 3.57. The summed E-state index contributed by atoms with van der Waals surface area (Å²) in [7, 11) is 1.50. The number of benzene rings is 2. The predicted molar refractivity (Wildman–Crippen MR) is 120 cm³/mol. The Labute approximate surface area is 188 Å². The van der Waals surface area contributed by atoms with E-state index >= 15 is 0 Å². The Balaban J connectivity index is 2.37. The third-order valence-electron chi connectivity index (χ3n) is 3.97. The highest BCUT2D eigenvalue weighted by atomic mass is 79.9. The average molecular weight is 488 g/mol. The number of amides is 2. The number of carbonyl (C=O) groups excluding carboxylic acids is 2. The molecule has 0 bridgehead atoms. The molecule has 0 spiro atoms. The molecular weight excluding hydrogens is 466 g/mol. The quantitative estimate of drug-likeness (QED) is 0.411. The lowest BCUT2D eigenvalue weighted by Gasteiger charge is -2.14. The Morgan fingerprint density at radius 3 is 2.58 bits per heavy atom. The summed E-state index contributed by atoms with van der Waals surface area (Å²) in [4.78, 5) is 23.7. The van der Waals surface area contributed by atoms with E-state index in [4.69, 9.17) is 19.9 Å². The smallest absolute Gasteiger partial charge is 0.266 e. The van der Waals surface area contributed by atoms with Crippen molar-refractivity contribution >= 4 is 39.5 Å². The first-order chi connectivity index (χ1) is 14.8. The van der Waals surface area contributed by atoms with Crippen LogP contribution in [-0.2, 0) is 9.59 Å². The topological polar surface area (TPSA) is 124 Å². The molecule has 2 rings (SSSR count). The number of nitrogens with two attached hydrogens (primary N) is 1. The van der Waals surface area contributed by atoms with Gasteiger partial charge in [-0.3, -0.25) is 9.59 Å². The van der Waals surface area contributed by atoms with E-state index in [1.165, 1.54) is 13.2 Å². The molecule has 0 radical (unpaired) electrons. The van der Waals surface area contributed by atoms with Gasteiger partial charge in [-0.2, -0.15) is 5.26 Å². The first-order valence-corrected chi connectivity index (χ1v) is 10.0. The van der Waals surface area contributed by atoms with Crippen molar-refractivity contribution < 1.29 is 23.8 Å². The number of hydrogen-bond donors (Lipinski definition) is 2. The van der Waals surface area contributed by atoms with Gasteiger partial charge in [0.25, 0.3) is 11.8 Å². The number of nitrogens with one attached hydrogen (secondary N) is 1. The molecule has 0 aliphatic carbocycles. The van der Waals surface area contributed by atoms with E-state index < -0.39 is 11.8 Å². The summed E-state index contributed by atoms with van der Waals surface area (Å²) >= 11 is 3.36. The second-order valence-electron chi connectivity index (χ2n) is 6.35. The van der Waals surface area contributed by atoms with Crippen LogP contribution in [0.2, 0.25) is 0 Å². The van der Waals surface area contributed by atoms with E-state index in [1.54, 1.807) is 31.2 Å². The molecule has 0 heterocycles. The molecule has 0 saturated carbocycles. The van der Waals surface area contributed by atoms with Crippen molar-refractivity contribution in [2.24, 2.45) is 5.73 Å². The molecule has 162 valence electrons. The Bertz CT molecular complexity index is 1060. The second-order valence-corrected chi connectivity index (χ2v) is 7.20. The molecule has 0 atom stereocenters. The molecule has 0 aromatic heterocycles. The standard InChI is InChI=1S/C22H22BrN3O5/c1-4-30-19-10-14(9-16(23)21(19)31-12-20(25)27)8-15(11-24)22(28)26-17-7-13(2)5-6-18(17)29-3/h5-10H,4,12H2,1-3H3,(H2,25,27)(H,26,28)/b15-8+. The lowest BCUT2D eigenvalue weighted by atomic mass is 10.1. The first kappa shape index (κ1) is 23.8. The van der Waals surface area contributed by atoms with Crippen LogP contribution in [0.15, 0.2) is 40.4 Å². The molecule has 2 aromatic carbocycles. The zero-order valence-corrected chi connectivity index (χ0v) is 18.9. The van der Waals surface area contributed by atoms with Gasteiger partial charge in [0.2, 0.25) is 0 Å². The molecule has 0 fully saturated rings. The van der Waals surface area contributed by atoms with Crippen molar-refractivity contribution in [3.63, 3.8) is 0 Å². The third-order valence-corrected chi connectivity index (χ3v) is 4.56. The summed E-state index contributed by atoms with van der Waals surface area (Å²) in [6.45, 7) is 3.69. The molecule has 2 aromatic rings. The minimum Gasteiger partial charge on any atom is -0.495 e. The van der Waals surface area contributed by atoms with Crippen LogP contribution < -0.4 is 25.3 Å². The van der Waals surface area contributed by atoms with E-state index in [1.807, 2.05) is 19.1 Å². The normalized spacial score (nSPS) is 10.7. The van der Waals surface area contributed by atoms with Crippen molar-refractivity contribution in [3.05, 3.63) is 51.5 Å². The van der Waals surface area contributed by atoms with E-state index in [2.05, 4.69) is 21.2 Å². The molecule has 0 aliphatic rings. The summed E-state index contributed by atoms with van der Waals surface area (Å²) < 4.78 is 16.7. The van der Waals surface area contributed by atoms with Gasteiger partial charge in [-0.05, 0) is 71.2 Å². The van der Waals surface area contributed by atoms with Gasteiger partial charge in [-0.15, -0.1) is 0 Å². The number of nitrogens with zero attached hydrogens (tertiary/aromatic N) is 1. The number of primary amides is 1. The minimum atomic E-state index is -0.631. The number of nitriles is 1. The summed E-state index contributed by atoms with van der Waals surface area (Å²) in [5.41, 5.74) is 6.92. The Kier molecular flexibility index (Phi) is 8.46. The summed E-state index contributed by atoms with van der Waals surface area (Å²) in [6, 6.07) is 10.5. The average Bonchev–Trinajstić information content (AvgIpc) is 2.71. The maximum Gasteiger partial charge on any atom is 0.266 e. The monoisotopic (exact) mass is 487 g/mol. The van der Waals surface area contributed by atoms with E-state index in [-0.39, 0.29) is 12.2 Å². The number of halogens is 1. The number of carbonyl (C=O) groups is 2. The number of ether oxygens (including phenoxy) is 3. The molecule has 8 nitrogen and oxygen atoms in total. The van der Waals surface area contributed by atoms with Crippen molar-refractivity contribution in [1.82, 2.24) is 0 Å². The highest BCUT2D eigenvalue weighted by molar-refractivity contribution is 9.10. The maximum atomic E-state index is 12.7. The van der Waals surface area contributed by atoms with Crippen LogP contribution in [0.5, 0.6) is 17.2 Å². The van der Waals surface area contributed by atoms with Crippen LogP contribution in [0.4, 0.5) is 5.69 Å². The zero-order valence-electron chi connectivity index (χ0n) is 17.3. The highest BCUT2D eigenvalue weighted by Crippen LogP contribution is 2.37. The fraction of sp³-hybridized carbons (Fsp3) is 0.227. The van der Waals surface area contributed by atoms with Crippen LogP contribution >= 0.6 is 15.9 Å². The fourth-order valence-corrected chi connectivity index (χ4v) is 3.22. The van der Waals surface area contributed by atoms with Gasteiger partial charge in [-0.25, -0.2) is 0 Å². The fourth-order valence-electron chi connectivity index (χ4n) is 2.64. The van der Waals surface area contributed by atoms with Crippen molar-refractivity contribution in [1.29, 1.82) is 5.26 Å². The second kappa shape index (κ2) is 11.0. The number of anilines is 1. The SMILES string of the molecule is CCOc1cc(/C=C(\C#N)C(=O)Nc2cc(C)ccc2OC)cc(Br)c1OCC(N)=O.